The second-order valence-corrected chi connectivity index (χ2v) is 6.10. The highest BCUT2D eigenvalue weighted by molar-refractivity contribution is 8.14. The molecule has 2 unspecified atom stereocenters. The lowest BCUT2D eigenvalue weighted by atomic mass is 10.2. The lowest BCUT2D eigenvalue weighted by Crippen LogP contribution is -2.41. The molecule has 0 aliphatic carbocycles. The van der Waals surface area contributed by atoms with E-state index in [1.54, 1.807) is 0 Å². The third kappa shape index (κ3) is 4.70. The Morgan fingerprint density at radius 1 is 1.35 bits per heavy atom. The highest BCUT2D eigenvalue weighted by Gasteiger charge is 2.41. The Kier molecular flexibility index (Phi) is 6.84. The molecule has 1 amide bonds. The number of methoxy groups -OCH3 is 1. The van der Waals surface area contributed by atoms with Crippen LogP contribution in [0, 0.1) is 0 Å². The normalized spacial score (nSPS) is 21.6. The molecular formula is C13H21NO5S. The summed E-state index contributed by atoms with van der Waals surface area (Å²) in [5.74, 6) is -0.468. The van der Waals surface area contributed by atoms with E-state index in [1.165, 1.54) is 18.9 Å². The molecule has 7 heteroatoms. The van der Waals surface area contributed by atoms with Gasteiger partial charge in [-0.1, -0.05) is 25.1 Å². The molecule has 0 bridgehead atoms. The van der Waals surface area contributed by atoms with Crippen molar-refractivity contribution in [3.63, 3.8) is 0 Å². The molecule has 0 aromatic carbocycles. The highest BCUT2D eigenvalue weighted by Crippen LogP contribution is 2.29. The zero-order chi connectivity index (χ0) is 15.1. The van der Waals surface area contributed by atoms with Gasteiger partial charge in [-0.15, -0.1) is 0 Å². The Balaban J connectivity index is 2.66. The van der Waals surface area contributed by atoms with Crippen molar-refractivity contribution in [2.24, 2.45) is 0 Å². The summed E-state index contributed by atoms with van der Waals surface area (Å²) in [5, 5.41) is -0.116. The van der Waals surface area contributed by atoms with Crippen LogP contribution in [-0.2, 0) is 19.1 Å². The van der Waals surface area contributed by atoms with Crippen LogP contribution in [0.4, 0.5) is 4.79 Å². The maximum absolute atomic E-state index is 12.0. The van der Waals surface area contributed by atoms with Crippen LogP contribution in [0.15, 0.2) is 0 Å². The monoisotopic (exact) mass is 303 g/mol. The topological polar surface area (TPSA) is 72.9 Å². The van der Waals surface area contributed by atoms with E-state index in [2.05, 4.69) is 0 Å². The van der Waals surface area contributed by atoms with Gasteiger partial charge in [-0.25, -0.2) is 9.59 Å². The van der Waals surface area contributed by atoms with Gasteiger partial charge in [-0.05, 0) is 12.8 Å². The van der Waals surface area contributed by atoms with Crippen molar-refractivity contribution < 1.29 is 23.9 Å². The first-order chi connectivity index (χ1) is 9.49. The van der Waals surface area contributed by atoms with Gasteiger partial charge in [0, 0.05) is 18.7 Å². The first kappa shape index (κ1) is 16.8. The molecule has 0 N–H and O–H groups in total. The van der Waals surface area contributed by atoms with Gasteiger partial charge in [0.15, 0.2) is 5.12 Å². The second kappa shape index (κ2) is 8.14. The Hall–Kier alpha value is -1.24. The van der Waals surface area contributed by atoms with Crippen molar-refractivity contribution >= 4 is 28.9 Å². The summed E-state index contributed by atoms with van der Waals surface area (Å²) in [4.78, 5) is 36.2. The van der Waals surface area contributed by atoms with Gasteiger partial charge in [0.1, 0.15) is 6.04 Å². The number of hydrogen-bond donors (Lipinski definition) is 0. The summed E-state index contributed by atoms with van der Waals surface area (Å²) in [5.41, 5.74) is 0. The molecule has 1 fully saturated rings. The number of likely N-dealkylation sites (tertiary alicyclic amines) is 1. The number of carbonyl (C=O) groups is 3. The summed E-state index contributed by atoms with van der Waals surface area (Å²) in [7, 11) is 1.29. The summed E-state index contributed by atoms with van der Waals surface area (Å²) in [6.45, 7) is 4.14. The number of unbranched alkanes of at least 4 members (excludes halogenated alkanes) is 1. The molecule has 2 atom stereocenters. The van der Waals surface area contributed by atoms with Crippen LogP contribution in [0.2, 0.25) is 0 Å². The maximum Gasteiger partial charge on any atom is 0.410 e. The zero-order valence-electron chi connectivity index (χ0n) is 12.1. The van der Waals surface area contributed by atoms with Gasteiger partial charge in [0.25, 0.3) is 0 Å². The molecule has 0 spiro atoms. The second-order valence-electron chi connectivity index (χ2n) is 4.63. The van der Waals surface area contributed by atoms with E-state index in [-0.39, 0.29) is 10.4 Å². The van der Waals surface area contributed by atoms with Gasteiger partial charge in [-0.2, -0.15) is 0 Å². The standard InChI is InChI=1S/C13H21NO5S/c1-4-5-6-19-13(17)14-8-10(20-9(2)15)7-11(14)12(16)18-3/h10-11H,4-8H2,1-3H3. The molecule has 1 aliphatic rings. The summed E-state index contributed by atoms with van der Waals surface area (Å²) >= 11 is 1.15. The molecule has 0 saturated carbocycles. The van der Waals surface area contributed by atoms with Crippen molar-refractivity contribution in [2.75, 3.05) is 20.3 Å². The molecule has 0 radical (unpaired) electrons. The fraction of sp³-hybridized carbons (Fsp3) is 0.769. The Labute approximate surface area is 123 Å². The van der Waals surface area contributed by atoms with Gasteiger partial charge in [0.2, 0.25) is 0 Å². The van der Waals surface area contributed by atoms with E-state index in [1.807, 2.05) is 6.92 Å². The number of ether oxygens (including phenoxy) is 2. The smallest absolute Gasteiger partial charge is 0.410 e. The summed E-state index contributed by atoms with van der Waals surface area (Å²) in [6, 6.07) is -0.661. The van der Waals surface area contributed by atoms with Gasteiger partial charge in [0.05, 0.1) is 13.7 Å². The van der Waals surface area contributed by atoms with E-state index < -0.39 is 18.1 Å². The molecule has 1 saturated heterocycles. The van der Waals surface area contributed by atoms with Crippen molar-refractivity contribution in [3.8, 4) is 0 Å². The van der Waals surface area contributed by atoms with Crippen LogP contribution in [0.1, 0.15) is 33.1 Å². The average molecular weight is 303 g/mol. The fourth-order valence-corrected chi connectivity index (χ4v) is 3.05. The molecule has 0 aromatic rings. The van der Waals surface area contributed by atoms with Gasteiger partial charge in [-0.3, -0.25) is 9.69 Å². The SMILES string of the molecule is CCCCOC(=O)N1CC(SC(C)=O)CC1C(=O)OC. The fourth-order valence-electron chi connectivity index (χ4n) is 2.07. The van der Waals surface area contributed by atoms with Crippen molar-refractivity contribution in [1.82, 2.24) is 4.90 Å². The molecule has 20 heavy (non-hydrogen) atoms. The Bertz CT molecular complexity index is 374. The summed E-state index contributed by atoms with van der Waals surface area (Å²) < 4.78 is 9.84. The minimum absolute atomic E-state index is 0.0279. The lowest BCUT2D eigenvalue weighted by Gasteiger charge is -2.21. The van der Waals surface area contributed by atoms with E-state index in [4.69, 9.17) is 9.47 Å². The quantitative estimate of drug-likeness (QED) is 0.570. The molecular weight excluding hydrogens is 282 g/mol. The largest absolute Gasteiger partial charge is 0.467 e. The molecule has 1 heterocycles. The lowest BCUT2D eigenvalue weighted by molar-refractivity contribution is -0.145. The maximum atomic E-state index is 12.0. The predicted molar refractivity (Wildman–Crippen MR) is 75.4 cm³/mol. The van der Waals surface area contributed by atoms with E-state index >= 15 is 0 Å². The third-order valence-electron chi connectivity index (χ3n) is 3.03. The number of thioether (sulfide) groups is 1. The van der Waals surface area contributed by atoms with Crippen molar-refractivity contribution in [1.29, 1.82) is 0 Å². The zero-order valence-corrected chi connectivity index (χ0v) is 12.9. The van der Waals surface area contributed by atoms with Crippen molar-refractivity contribution in [3.05, 3.63) is 0 Å². The number of esters is 1. The molecule has 6 nitrogen and oxygen atoms in total. The van der Waals surface area contributed by atoms with Crippen LogP contribution in [0.5, 0.6) is 0 Å². The van der Waals surface area contributed by atoms with Crippen molar-refractivity contribution in [2.45, 2.75) is 44.4 Å². The van der Waals surface area contributed by atoms with Crippen LogP contribution in [0.25, 0.3) is 0 Å². The van der Waals surface area contributed by atoms with E-state index in [0.717, 1.165) is 24.6 Å². The van der Waals surface area contributed by atoms with Gasteiger partial charge < -0.3 is 9.47 Å². The molecule has 1 rings (SSSR count). The number of carbonyl (C=O) groups excluding carboxylic acids is 3. The predicted octanol–water partition coefficient (Wildman–Crippen LogP) is 1.82. The van der Waals surface area contributed by atoms with Gasteiger partial charge >= 0.3 is 12.1 Å². The molecule has 0 aromatic heterocycles. The molecule has 1 aliphatic heterocycles. The first-order valence-corrected chi connectivity index (χ1v) is 7.56. The number of hydrogen-bond acceptors (Lipinski definition) is 6. The number of amides is 1. The van der Waals surface area contributed by atoms with E-state index in [9.17, 15) is 14.4 Å². The van der Waals surface area contributed by atoms with Crippen LogP contribution < -0.4 is 0 Å². The average Bonchev–Trinajstić information content (AvgIpc) is 2.81. The first-order valence-electron chi connectivity index (χ1n) is 6.68. The van der Waals surface area contributed by atoms with Crippen LogP contribution in [-0.4, -0.2) is 53.6 Å². The summed E-state index contributed by atoms with van der Waals surface area (Å²) in [6.07, 6.45) is 1.62. The number of nitrogens with zero attached hydrogens (tertiary/aromatic N) is 1. The minimum Gasteiger partial charge on any atom is -0.467 e. The minimum atomic E-state index is -0.661. The highest BCUT2D eigenvalue weighted by atomic mass is 32.2. The van der Waals surface area contributed by atoms with Crippen LogP contribution >= 0.6 is 11.8 Å². The number of rotatable bonds is 5. The van der Waals surface area contributed by atoms with Crippen LogP contribution in [0.3, 0.4) is 0 Å². The third-order valence-corrected chi connectivity index (χ3v) is 4.03. The van der Waals surface area contributed by atoms with E-state index in [0.29, 0.717) is 19.6 Å². The molecule has 114 valence electrons. The Morgan fingerprint density at radius 3 is 2.60 bits per heavy atom. The Morgan fingerprint density at radius 2 is 2.05 bits per heavy atom.